The molecule has 0 fully saturated rings. The van der Waals surface area contributed by atoms with Crippen molar-refractivity contribution < 1.29 is 0 Å². The second-order valence-electron chi connectivity index (χ2n) is 7.78. The van der Waals surface area contributed by atoms with Crippen molar-refractivity contribution in [2.75, 3.05) is 0 Å². The van der Waals surface area contributed by atoms with Gasteiger partial charge in [0.2, 0.25) is 0 Å². The predicted molar refractivity (Wildman–Crippen MR) is 122 cm³/mol. The first-order valence-corrected chi connectivity index (χ1v) is 10.4. The molecule has 0 nitrogen and oxygen atoms in total. The lowest BCUT2D eigenvalue weighted by atomic mass is 10.0. The Morgan fingerprint density at radius 3 is 1.29 bits per heavy atom. The Labute approximate surface area is 172 Å². The van der Waals surface area contributed by atoms with Crippen LogP contribution in [0.2, 0.25) is 0 Å². The molecule has 0 saturated heterocycles. The Bertz CT molecular complexity index is 739. The maximum atomic E-state index is 3.24. The molecule has 0 aliphatic carbocycles. The molecule has 2 aromatic carbocycles. The fraction of sp³-hybridized carbons (Fsp3) is 0.357. The molecular weight excluding hydrogens is 336 g/mol. The van der Waals surface area contributed by atoms with Crippen molar-refractivity contribution in [2.24, 2.45) is 0 Å². The SMILES string of the molecule is CC(C)c1ccc([CH]C#CCCCCC#C[CH]c2ccc(C(C)C)cc2)cc1. The molecular formula is C28H32. The summed E-state index contributed by atoms with van der Waals surface area (Å²) in [6.07, 6.45) is 8.08. The smallest absolute Gasteiger partial charge is 0.0630 e. The van der Waals surface area contributed by atoms with Crippen LogP contribution in [0.25, 0.3) is 0 Å². The van der Waals surface area contributed by atoms with Crippen LogP contribution in [0.15, 0.2) is 48.5 Å². The molecule has 0 aliphatic rings. The van der Waals surface area contributed by atoms with Gasteiger partial charge in [-0.15, -0.1) is 11.8 Å². The highest BCUT2D eigenvalue weighted by Gasteiger charge is 1.99. The lowest BCUT2D eigenvalue weighted by molar-refractivity contribution is 0.782. The molecule has 144 valence electrons. The normalized spacial score (nSPS) is 10.4. The quantitative estimate of drug-likeness (QED) is 0.355. The van der Waals surface area contributed by atoms with Crippen molar-refractivity contribution in [1.29, 1.82) is 0 Å². The lowest BCUT2D eigenvalue weighted by Crippen LogP contribution is -1.87. The van der Waals surface area contributed by atoms with Crippen molar-refractivity contribution in [2.45, 2.75) is 65.2 Å². The van der Waals surface area contributed by atoms with Crippen LogP contribution < -0.4 is 0 Å². The Morgan fingerprint density at radius 2 is 0.964 bits per heavy atom. The molecule has 0 aliphatic heterocycles. The highest BCUT2D eigenvalue weighted by Crippen LogP contribution is 2.16. The monoisotopic (exact) mass is 368 g/mol. The van der Waals surface area contributed by atoms with E-state index >= 15 is 0 Å². The van der Waals surface area contributed by atoms with Gasteiger partial charge in [-0.2, -0.15) is 0 Å². The summed E-state index contributed by atoms with van der Waals surface area (Å²) < 4.78 is 0. The molecule has 0 heteroatoms. The molecule has 2 radical (unpaired) electrons. The Hall–Kier alpha value is -2.44. The van der Waals surface area contributed by atoms with Gasteiger partial charge in [0.25, 0.3) is 0 Å². The summed E-state index contributed by atoms with van der Waals surface area (Å²) in [6, 6.07) is 17.3. The van der Waals surface area contributed by atoms with Crippen LogP contribution >= 0.6 is 0 Å². The van der Waals surface area contributed by atoms with E-state index in [2.05, 4.69) is 99.9 Å². The summed E-state index contributed by atoms with van der Waals surface area (Å²) in [5, 5.41) is 0. The van der Waals surface area contributed by atoms with E-state index in [4.69, 9.17) is 0 Å². The number of hydrogen-bond acceptors (Lipinski definition) is 0. The summed E-state index contributed by atoms with van der Waals surface area (Å²) in [5.74, 6) is 14.0. The lowest BCUT2D eigenvalue weighted by Gasteiger charge is -2.04. The van der Waals surface area contributed by atoms with E-state index in [1.807, 2.05) is 12.8 Å². The van der Waals surface area contributed by atoms with E-state index in [9.17, 15) is 0 Å². The zero-order valence-corrected chi connectivity index (χ0v) is 17.8. The first-order valence-electron chi connectivity index (χ1n) is 10.4. The zero-order valence-electron chi connectivity index (χ0n) is 17.8. The number of hydrogen-bond donors (Lipinski definition) is 0. The maximum Gasteiger partial charge on any atom is 0.0630 e. The molecule has 0 N–H and O–H groups in total. The van der Waals surface area contributed by atoms with Gasteiger partial charge in [0.1, 0.15) is 0 Å². The molecule has 0 spiro atoms. The number of benzene rings is 2. The third kappa shape index (κ3) is 8.06. The standard InChI is InChI=1S/C28H32/c1-23(2)27-19-15-25(16-20-27)13-11-9-7-5-6-8-10-12-14-26-17-21-28(22-18-26)24(3)4/h13-24H,5-8H2,1-4H3. The van der Waals surface area contributed by atoms with E-state index in [0.717, 1.165) is 25.7 Å². The minimum absolute atomic E-state index is 0.575. The van der Waals surface area contributed by atoms with E-state index in [-0.39, 0.29) is 0 Å². The van der Waals surface area contributed by atoms with E-state index in [1.54, 1.807) is 0 Å². The molecule has 2 rings (SSSR count). The molecule has 0 bridgehead atoms. The van der Waals surface area contributed by atoms with Gasteiger partial charge in [-0.3, -0.25) is 0 Å². The highest BCUT2D eigenvalue weighted by atomic mass is 14.0. The summed E-state index contributed by atoms with van der Waals surface area (Å²) in [7, 11) is 0. The minimum atomic E-state index is 0.575. The van der Waals surface area contributed by atoms with Crippen LogP contribution in [-0.2, 0) is 0 Å². The average molecular weight is 369 g/mol. The minimum Gasteiger partial charge on any atom is -0.103 e. The van der Waals surface area contributed by atoms with Crippen LogP contribution in [0.3, 0.4) is 0 Å². The Balaban J connectivity index is 1.59. The van der Waals surface area contributed by atoms with Crippen molar-refractivity contribution in [1.82, 2.24) is 0 Å². The largest absolute Gasteiger partial charge is 0.103 e. The predicted octanol–water partition coefficient (Wildman–Crippen LogP) is 7.31. The molecule has 0 atom stereocenters. The van der Waals surface area contributed by atoms with Crippen molar-refractivity contribution in [3.8, 4) is 23.7 Å². The second-order valence-corrected chi connectivity index (χ2v) is 7.78. The molecule has 0 unspecified atom stereocenters. The van der Waals surface area contributed by atoms with Crippen LogP contribution in [0.1, 0.15) is 87.5 Å². The van der Waals surface area contributed by atoms with Gasteiger partial charge in [-0.05, 0) is 46.9 Å². The van der Waals surface area contributed by atoms with Gasteiger partial charge >= 0.3 is 0 Å². The van der Waals surface area contributed by atoms with Crippen LogP contribution in [0, 0.1) is 36.5 Å². The van der Waals surface area contributed by atoms with E-state index in [0.29, 0.717) is 11.8 Å². The van der Waals surface area contributed by atoms with Gasteiger partial charge in [0.15, 0.2) is 0 Å². The van der Waals surface area contributed by atoms with Crippen LogP contribution in [0.4, 0.5) is 0 Å². The molecule has 0 aromatic heterocycles. The van der Waals surface area contributed by atoms with Gasteiger partial charge in [0.05, 0.1) is 12.8 Å². The fourth-order valence-corrected chi connectivity index (χ4v) is 2.79. The Kier molecular flexibility index (Phi) is 9.45. The van der Waals surface area contributed by atoms with Gasteiger partial charge in [0, 0.05) is 12.8 Å². The number of unbranched alkanes of at least 4 members (excludes halogenated alkanes) is 3. The third-order valence-electron chi connectivity index (χ3n) is 4.74. The summed E-state index contributed by atoms with van der Waals surface area (Å²) in [6.45, 7) is 8.85. The first-order chi connectivity index (χ1) is 13.6. The summed E-state index contributed by atoms with van der Waals surface area (Å²) in [5.41, 5.74) is 5.10. The number of rotatable bonds is 7. The molecule has 0 heterocycles. The van der Waals surface area contributed by atoms with Crippen molar-refractivity contribution in [3.05, 3.63) is 83.6 Å². The Morgan fingerprint density at radius 1 is 0.607 bits per heavy atom. The fourth-order valence-electron chi connectivity index (χ4n) is 2.79. The second kappa shape index (κ2) is 12.1. The third-order valence-corrected chi connectivity index (χ3v) is 4.74. The molecule has 0 saturated carbocycles. The molecule has 2 aromatic rings. The summed E-state index contributed by atoms with van der Waals surface area (Å²) >= 11 is 0. The molecule has 28 heavy (non-hydrogen) atoms. The summed E-state index contributed by atoms with van der Waals surface area (Å²) in [4.78, 5) is 0. The van der Waals surface area contributed by atoms with Gasteiger partial charge in [-0.1, -0.05) is 88.1 Å². The van der Waals surface area contributed by atoms with Crippen molar-refractivity contribution in [3.63, 3.8) is 0 Å². The van der Waals surface area contributed by atoms with Crippen molar-refractivity contribution >= 4 is 0 Å². The van der Waals surface area contributed by atoms with Gasteiger partial charge in [-0.25, -0.2) is 0 Å². The molecule has 0 amide bonds. The van der Waals surface area contributed by atoms with E-state index in [1.165, 1.54) is 22.3 Å². The van der Waals surface area contributed by atoms with Crippen LogP contribution in [0.5, 0.6) is 0 Å². The average Bonchev–Trinajstić information content (AvgIpc) is 2.70. The van der Waals surface area contributed by atoms with E-state index < -0.39 is 0 Å². The highest BCUT2D eigenvalue weighted by molar-refractivity contribution is 5.36. The van der Waals surface area contributed by atoms with Gasteiger partial charge < -0.3 is 0 Å². The topological polar surface area (TPSA) is 0 Å². The maximum absolute atomic E-state index is 3.24. The zero-order chi connectivity index (χ0) is 20.2. The van der Waals surface area contributed by atoms with Crippen LogP contribution in [-0.4, -0.2) is 0 Å². The first kappa shape index (κ1) is 21.9.